The van der Waals surface area contributed by atoms with Crippen molar-refractivity contribution in [1.29, 1.82) is 0 Å². The number of benzene rings is 4. The van der Waals surface area contributed by atoms with E-state index in [-0.39, 0.29) is 12.1 Å². The maximum atomic E-state index is 12.7. The van der Waals surface area contributed by atoms with E-state index in [1.54, 1.807) is 0 Å². The predicted octanol–water partition coefficient (Wildman–Crippen LogP) is 5.21. The molecule has 7 nitrogen and oxygen atoms in total. The van der Waals surface area contributed by atoms with Crippen LogP contribution >= 0.6 is 0 Å². The second kappa shape index (κ2) is 10.9. The molecule has 1 aliphatic heterocycles. The first-order valence-electron chi connectivity index (χ1n) is 12.8. The molecule has 0 saturated heterocycles. The van der Waals surface area contributed by atoms with Crippen LogP contribution in [-0.2, 0) is 4.79 Å². The number of ether oxygens (including phenoxy) is 1. The minimum absolute atomic E-state index is 0.124. The van der Waals surface area contributed by atoms with Gasteiger partial charge in [0.2, 0.25) is 0 Å². The van der Waals surface area contributed by atoms with Crippen LogP contribution < -0.4 is 20.3 Å². The SMILES string of the molecule is Cc1ccc(N2CC(CNC(C)c3cccc4ccccc34)Oc3ccccc32)cc1C(=O)NCC(=O)O. The highest BCUT2D eigenvalue weighted by Crippen LogP contribution is 2.38. The normalized spacial score (nSPS) is 15.4. The van der Waals surface area contributed by atoms with Crippen molar-refractivity contribution in [3.05, 3.63) is 102 Å². The third-order valence-corrected chi connectivity index (χ3v) is 6.96. The van der Waals surface area contributed by atoms with Crippen molar-refractivity contribution in [3.63, 3.8) is 0 Å². The number of rotatable bonds is 8. The van der Waals surface area contributed by atoms with E-state index in [0.29, 0.717) is 18.7 Å². The topological polar surface area (TPSA) is 90.9 Å². The van der Waals surface area contributed by atoms with Gasteiger partial charge in [-0.2, -0.15) is 0 Å². The fourth-order valence-corrected chi connectivity index (χ4v) is 4.97. The van der Waals surface area contributed by atoms with Crippen LogP contribution in [-0.4, -0.2) is 42.7 Å². The molecule has 0 radical (unpaired) electrons. The molecule has 0 saturated carbocycles. The second-order valence-electron chi connectivity index (χ2n) is 9.59. The summed E-state index contributed by atoms with van der Waals surface area (Å²) in [6.07, 6.45) is -0.132. The predicted molar refractivity (Wildman–Crippen MR) is 149 cm³/mol. The number of para-hydroxylation sites is 2. The van der Waals surface area contributed by atoms with Gasteiger partial charge in [0.25, 0.3) is 5.91 Å². The van der Waals surface area contributed by atoms with Crippen molar-refractivity contribution in [2.45, 2.75) is 26.0 Å². The Bertz CT molecular complexity index is 1480. The minimum Gasteiger partial charge on any atom is -0.485 e. The Morgan fingerprint density at radius 2 is 1.79 bits per heavy atom. The number of anilines is 2. The van der Waals surface area contributed by atoms with Gasteiger partial charge in [0.1, 0.15) is 18.4 Å². The molecule has 194 valence electrons. The third kappa shape index (κ3) is 5.33. The lowest BCUT2D eigenvalue weighted by Crippen LogP contribution is -2.44. The highest BCUT2D eigenvalue weighted by molar-refractivity contribution is 5.98. The summed E-state index contributed by atoms with van der Waals surface area (Å²) >= 11 is 0. The Hall–Kier alpha value is -4.36. The van der Waals surface area contributed by atoms with Gasteiger partial charge in [0.05, 0.1) is 12.2 Å². The average molecular weight is 510 g/mol. The van der Waals surface area contributed by atoms with Crippen LogP contribution in [0.5, 0.6) is 5.75 Å². The number of carboxylic acid groups (broad SMARTS) is 1. The number of hydrogen-bond acceptors (Lipinski definition) is 5. The van der Waals surface area contributed by atoms with Gasteiger partial charge in [-0.3, -0.25) is 9.59 Å². The molecular formula is C31H31N3O4. The molecule has 7 heteroatoms. The summed E-state index contributed by atoms with van der Waals surface area (Å²) in [4.78, 5) is 25.8. The number of aryl methyl sites for hydroxylation is 1. The first-order valence-corrected chi connectivity index (χ1v) is 12.8. The van der Waals surface area contributed by atoms with E-state index < -0.39 is 18.4 Å². The Balaban J connectivity index is 1.37. The van der Waals surface area contributed by atoms with E-state index in [2.05, 4.69) is 64.9 Å². The highest BCUT2D eigenvalue weighted by atomic mass is 16.5. The standard InChI is InChI=1S/C31H31N3O4/c1-20-14-15-23(16-27(20)31(37)33-18-30(35)36)34-19-24(38-29-13-6-5-12-28(29)34)17-32-21(2)25-11-7-9-22-8-3-4-10-26(22)25/h3-16,21,24,32H,17-19H2,1-2H3,(H,33,37)(H,35,36). The van der Waals surface area contributed by atoms with Crippen molar-refractivity contribution in [1.82, 2.24) is 10.6 Å². The zero-order valence-electron chi connectivity index (χ0n) is 21.5. The number of carboxylic acids is 1. The molecule has 2 unspecified atom stereocenters. The molecule has 5 rings (SSSR count). The fourth-order valence-electron chi connectivity index (χ4n) is 4.97. The fraction of sp³-hybridized carbons (Fsp3) is 0.226. The Morgan fingerprint density at radius 1 is 1.03 bits per heavy atom. The summed E-state index contributed by atoms with van der Waals surface area (Å²) in [5.41, 5.74) is 4.24. The first kappa shape index (κ1) is 25.3. The van der Waals surface area contributed by atoms with Gasteiger partial charge in [-0.05, 0) is 60.0 Å². The number of nitrogens with one attached hydrogen (secondary N) is 2. The molecule has 0 aromatic heterocycles. The van der Waals surface area contributed by atoms with Crippen LogP contribution in [0.3, 0.4) is 0 Å². The second-order valence-corrected chi connectivity index (χ2v) is 9.59. The lowest BCUT2D eigenvalue weighted by Gasteiger charge is -2.37. The molecule has 0 fully saturated rings. The van der Waals surface area contributed by atoms with Crippen molar-refractivity contribution in [2.75, 3.05) is 24.5 Å². The zero-order chi connectivity index (χ0) is 26.6. The van der Waals surface area contributed by atoms with E-state index in [1.807, 2.05) is 49.4 Å². The van der Waals surface area contributed by atoms with Gasteiger partial charge in [-0.25, -0.2) is 0 Å². The van der Waals surface area contributed by atoms with E-state index in [4.69, 9.17) is 9.84 Å². The average Bonchev–Trinajstić information content (AvgIpc) is 2.94. The molecule has 1 heterocycles. The summed E-state index contributed by atoms with van der Waals surface area (Å²) in [6, 6.07) is 28.5. The van der Waals surface area contributed by atoms with E-state index in [0.717, 1.165) is 22.7 Å². The zero-order valence-corrected chi connectivity index (χ0v) is 21.5. The Kier molecular flexibility index (Phi) is 7.29. The molecule has 1 aliphatic rings. The van der Waals surface area contributed by atoms with Gasteiger partial charge in [-0.15, -0.1) is 0 Å². The number of carbonyl (C=O) groups excluding carboxylic acids is 1. The Labute approximate surface area is 222 Å². The summed E-state index contributed by atoms with van der Waals surface area (Å²) in [6.45, 7) is 4.80. The number of nitrogens with zero attached hydrogens (tertiary/aromatic N) is 1. The third-order valence-electron chi connectivity index (χ3n) is 6.96. The molecule has 0 spiro atoms. The van der Waals surface area contributed by atoms with Crippen LogP contribution in [0.1, 0.15) is 34.5 Å². The van der Waals surface area contributed by atoms with Crippen molar-refractivity contribution in [2.24, 2.45) is 0 Å². The molecular weight excluding hydrogens is 478 g/mol. The van der Waals surface area contributed by atoms with Crippen molar-refractivity contribution < 1.29 is 19.4 Å². The molecule has 4 aromatic carbocycles. The molecule has 0 bridgehead atoms. The summed E-state index contributed by atoms with van der Waals surface area (Å²) < 4.78 is 6.38. The summed E-state index contributed by atoms with van der Waals surface area (Å²) in [7, 11) is 0. The first-order chi connectivity index (χ1) is 18.4. The summed E-state index contributed by atoms with van der Waals surface area (Å²) in [5, 5.41) is 17.5. The van der Waals surface area contributed by atoms with E-state index in [9.17, 15) is 9.59 Å². The maximum absolute atomic E-state index is 12.7. The maximum Gasteiger partial charge on any atom is 0.322 e. The smallest absolute Gasteiger partial charge is 0.322 e. The van der Waals surface area contributed by atoms with Gasteiger partial charge in [-0.1, -0.05) is 60.7 Å². The van der Waals surface area contributed by atoms with E-state index in [1.165, 1.54) is 16.3 Å². The number of amides is 1. The molecule has 0 aliphatic carbocycles. The van der Waals surface area contributed by atoms with Crippen molar-refractivity contribution >= 4 is 34.0 Å². The molecule has 4 aromatic rings. The quantitative estimate of drug-likeness (QED) is 0.302. The highest BCUT2D eigenvalue weighted by Gasteiger charge is 2.28. The largest absolute Gasteiger partial charge is 0.485 e. The summed E-state index contributed by atoms with van der Waals surface area (Å²) in [5.74, 6) is -0.710. The molecule has 38 heavy (non-hydrogen) atoms. The lowest BCUT2D eigenvalue weighted by atomic mass is 9.99. The van der Waals surface area contributed by atoms with Crippen LogP contribution in [0.4, 0.5) is 11.4 Å². The molecule has 1 amide bonds. The monoisotopic (exact) mass is 509 g/mol. The number of aliphatic carboxylic acids is 1. The van der Waals surface area contributed by atoms with Crippen LogP contribution in [0.2, 0.25) is 0 Å². The molecule has 2 atom stereocenters. The number of hydrogen-bond donors (Lipinski definition) is 3. The van der Waals surface area contributed by atoms with Gasteiger partial charge in [0.15, 0.2) is 0 Å². The van der Waals surface area contributed by atoms with Crippen LogP contribution in [0, 0.1) is 6.92 Å². The van der Waals surface area contributed by atoms with Crippen molar-refractivity contribution in [3.8, 4) is 5.75 Å². The van der Waals surface area contributed by atoms with Gasteiger partial charge >= 0.3 is 5.97 Å². The minimum atomic E-state index is -1.08. The van der Waals surface area contributed by atoms with Gasteiger partial charge < -0.3 is 25.4 Å². The molecule has 3 N–H and O–H groups in total. The number of carbonyl (C=O) groups is 2. The van der Waals surface area contributed by atoms with Gasteiger partial charge in [0, 0.05) is 23.8 Å². The lowest BCUT2D eigenvalue weighted by molar-refractivity contribution is -0.135. The Morgan fingerprint density at radius 3 is 2.63 bits per heavy atom. The van der Waals surface area contributed by atoms with Crippen LogP contribution in [0.15, 0.2) is 84.9 Å². The van der Waals surface area contributed by atoms with Crippen LogP contribution in [0.25, 0.3) is 10.8 Å². The number of fused-ring (bicyclic) bond motifs is 2. The van der Waals surface area contributed by atoms with E-state index >= 15 is 0 Å².